The van der Waals surface area contributed by atoms with Gasteiger partial charge in [0.15, 0.2) is 0 Å². The highest BCUT2D eigenvalue weighted by molar-refractivity contribution is 4.93. The van der Waals surface area contributed by atoms with Crippen LogP contribution in [0.3, 0.4) is 0 Å². The topological polar surface area (TPSA) is 32.8 Å². The highest BCUT2D eigenvalue weighted by Crippen LogP contribution is 2.37. The molecule has 0 amide bonds. The van der Waals surface area contributed by atoms with Crippen molar-refractivity contribution in [3.63, 3.8) is 0 Å². The number of aliphatic hydroxyl groups is 1. The SMILES string of the molecule is CC(C)[C@H](O)[C@H]1O[C@@H]1CC1CCCCC1. The Labute approximate surface area is 93.0 Å². The van der Waals surface area contributed by atoms with Gasteiger partial charge in [-0.25, -0.2) is 0 Å². The number of hydrogen-bond donors (Lipinski definition) is 1. The Kier molecular flexibility index (Phi) is 3.68. The molecule has 2 rings (SSSR count). The standard InChI is InChI=1S/C13H24O2/c1-9(2)12(14)13-11(15-13)8-10-6-4-3-5-7-10/h9-14H,3-8H2,1-2H3/t11-,12+,13+/m1/s1. The molecule has 2 aliphatic rings. The molecular weight excluding hydrogens is 188 g/mol. The Morgan fingerprint density at radius 3 is 2.47 bits per heavy atom. The zero-order chi connectivity index (χ0) is 10.8. The van der Waals surface area contributed by atoms with Crippen molar-refractivity contribution in [2.45, 2.75) is 70.7 Å². The van der Waals surface area contributed by atoms with Crippen LogP contribution >= 0.6 is 0 Å². The Balaban J connectivity index is 1.69. The van der Waals surface area contributed by atoms with E-state index in [4.69, 9.17) is 4.74 Å². The summed E-state index contributed by atoms with van der Waals surface area (Å²) >= 11 is 0. The summed E-state index contributed by atoms with van der Waals surface area (Å²) in [5.74, 6) is 1.19. The molecule has 0 radical (unpaired) electrons. The maximum atomic E-state index is 9.84. The van der Waals surface area contributed by atoms with E-state index in [1.807, 2.05) is 0 Å². The van der Waals surface area contributed by atoms with Gasteiger partial charge in [0.1, 0.15) is 6.10 Å². The molecule has 88 valence electrons. The minimum Gasteiger partial charge on any atom is -0.390 e. The fourth-order valence-electron chi connectivity index (χ4n) is 2.78. The first kappa shape index (κ1) is 11.4. The monoisotopic (exact) mass is 212 g/mol. The van der Waals surface area contributed by atoms with Crippen LogP contribution in [-0.4, -0.2) is 23.4 Å². The predicted octanol–water partition coefficient (Wildman–Crippen LogP) is 2.74. The first-order valence-corrected chi connectivity index (χ1v) is 6.52. The van der Waals surface area contributed by atoms with E-state index in [0.717, 1.165) is 5.92 Å². The van der Waals surface area contributed by atoms with Crippen LogP contribution in [0.25, 0.3) is 0 Å². The van der Waals surface area contributed by atoms with Crippen LogP contribution in [0.4, 0.5) is 0 Å². The summed E-state index contributed by atoms with van der Waals surface area (Å²) in [4.78, 5) is 0. The maximum absolute atomic E-state index is 9.84. The van der Waals surface area contributed by atoms with Crippen molar-refractivity contribution in [3.8, 4) is 0 Å². The molecule has 1 saturated carbocycles. The second-order valence-corrected chi connectivity index (χ2v) is 5.61. The summed E-state index contributed by atoms with van der Waals surface area (Å²) in [5.41, 5.74) is 0. The van der Waals surface area contributed by atoms with Crippen LogP contribution in [-0.2, 0) is 4.74 Å². The van der Waals surface area contributed by atoms with E-state index >= 15 is 0 Å². The third kappa shape index (κ3) is 2.94. The van der Waals surface area contributed by atoms with Crippen LogP contribution in [0.5, 0.6) is 0 Å². The minimum atomic E-state index is -0.251. The molecule has 1 aliphatic carbocycles. The average molecular weight is 212 g/mol. The van der Waals surface area contributed by atoms with Gasteiger partial charge < -0.3 is 9.84 Å². The number of epoxide rings is 1. The molecule has 1 saturated heterocycles. The molecule has 0 bridgehead atoms. The van der Waals surface area contributed by atoms with Crippen LogP contribution in [0.2, 0.25) is 0 Å². The van der Waals surface area contributed by atoms with E-state index in [0.29, 0.717) is 12.0 Å². The Morgan fingerprint density at radius 1 is 1.20 bits per heavy atom. The van der Waals surface area contributed by atoms with Gasteiger partial charge in [0.05, 0.1) is 12.2 Å². The first-order valence-electron chi connectivity index (χ1n) is 6.52. The first-order chi connectivity index (χ1) is 7.18. The Bertz CT molecular complexity index is 197. The summed E-state index contributed by atoms with van der Waals surface area (Å²) in [5, 5.41) is 9.84. The van der Waals surface area contributed by atoms with E-state index in [1.165, 1.54) is 38.5 Å². The van der Waals surface area contributed by atoms with Gasteiger partial charge in [-0.3, -0.25) is 0 Å². The lowest BCUT2D eigenvalue weighted by Gasteiger charge is -2.20. The third-order valence-electron chi connectivity index (χ3n) is 3.93. The lowest BCUT2D eigenvalue weighted by Crippen LogP contribution is -2.24. The molecule has 0 aromatic rings. The van der Waals surface area contributed by atoms with Crippen LogP contribution in [0, 0.1) is 11.8 Å². The molecule has 1 heterocycles. The number of aliphatic hydroxyl groups excluding tert-OH is 1. The van der Waals surface area contributed by atoms with Crippen molar-refractivity contribution in [1.82, 2.24) is 0 Å². The summed E-state index contributed by atoms with van der Waals surface area (Å²) < 4.78 is 5.59. The van der Waals surface area contributed by atoms with E-state index < -0.39 is 0 Å². The van der Waals surface area contributed by atoms with E-state index in [-0.39, 0.29) is 12.2 Å². The quantitative estimate of drug-likeness (QED) is 0.727. The zero-order valence-electron chi connectivity index (χ0n) is 9.98. The van der Waals surface area contributed by atoms with E-state index in [1.54, 1.807) is 0 Å². The fourth-order valence-corrected chi connectivity index (χ4v) is 2.78. The third-order valence-corrected chi connectivity index (χ3v) is 3.93. The van der Waals surface area contributed by atoms with Gasteiger partial charge in [-0.2, -0.15) is 0 Å². The molecule has 3 atom stereocenters. The van der Waals surface area contributed by atoms with Gasteiger partial charge in [-0.05, 0) is 18.3 Å². The van der Waals surface area contributed by atoms with Gasteiger partial charge in [0, 0.05) is 0 Å². The van der Waals surface area contributed by atoms with Crippen molar-refractivity contribution in [3.05, 3.63) is 0 Å². The number of hydrogen-bond acceptors (Lipinski definition) is 2. The summed E-state index contributed by atoms with van der Waals surface area (Å²) in [6, 6.07) is 0. The van der Waals surface area contributed by atoms with Crippen molar-refractivity contribution >= 4 is 0 Å². The van der Waals surface area contributed by atoms with Crippen molar-refractivity contribution in [2.24, 2.45) is 11.8 Å². The largest absolute Gasteiger partial charge is 0.390 e. The Hall–Kier alpha value is -0.0800. The molecule has 0 unspecified atom stereocenters. The molecule has 1 N–H and O–H groups in total. The van der Waals surface area contributed by atoms with Gasteiger partial charge in [0.2, 0.25) is 0 Å². The van der Waals surface area contributed by atoms with E-state index in [2.05, 4.69) is 13.8 Å². The second-order valence-electron chi connectivity index (χ2n) is 5.61. The highest BCUT2D eigenvalue weighted by Gasteiger charge is 2.45. The summed E-state index contributed by atoms with van der Waals surface area (Å²) in [7, 11) is 0. The Morgan fingerprint density at radius 2 is 1.87 bits per heavy atom. The molecular formula is C13H24O2. The molecule has 2 heteroatoms. The molecule has 2 fully saturated rings. The zero-order valence-corrected chi connectivity index (χ0v) is 9.98. The molecule has 0 spiro atoms. The minimum absolute atomic E-state index is 0.145. The van der Waals surface area contributed by atoms with Crippen molar-refractivity contribution < 1.29 is 9.84 Å². The number of ether oxygens (including phenoxy) is 1. The fraction of sp³-hybridized carbons (Fsp3) is 1.00. The van der Waals surface area contributed by atoms with Crippen LogP contribution in [0.15, 0.2) is 0 Å². The predicted molar refractivity (Wildman–Crippen MR) is 60.7 cm³/mol. The lowest BCUT2D eigenvalue weighted by atomic mass is 9.85. The van der Waals surface area contributed by atoms with Gasteiger partial charge in [0.25, 0.3) is 0 Å². The average Bonchev–Trinajstić information content (AvgIpc) is 2.97. The highest BCUT2D eigenvalue weighted by atomic mass is 16.6. The van der Waals surface area contributed by atoms with Crippen LogP contribution in [0.1, 0.15) is 52.4 Å². The molecule has 0 aromatic carbocycles. The molecule has 0 aromatic heterocycles. The summed E-state index contributed by atoms with van der Waals surface area (Å²) in [6.45, 7) is 4.12. The van der Waals surface area contributed by atoms with Crippen LogP contribution < -0.4 is 0 Å². The maximum Gasteiger partial charge on any atom is 0.110 e. The van der Waals surface area contributed by atoms with Gasteiger partial charge >= 0.3 is 0 Å². The normalized spacial score (nSPS) is 34.4. The van der Waals surface area contributed by atoms with Crippen molar-refractivity contribution in [2.75, 3.05) is 0 Å². The van der Waals surface area contributed by atoms with Crippen molar-refractivity contribution in [1.29, 1.82) is 0 Å². The molecule has 1 aliphatic heterocycles. The van der Waals surface area contributed by atoms with Gasteiger partial charge in [-0.1, -0.05) is 46.0 Å². The second kappa shape index (κ2) is 4.84. The smallest absolute Gasteiger partial charge is 0.110 e. The lowest BCUT2D eigenvalue weighted by molar-refractivity contribution is 0.0922. The van der Waals surface area contributed by atoms with E-state index in [9.17, 15) is 5.11 Å². The van der Waals surface area contributed by atoms with Gasteiger partial charge in [-0.15, -0.1) is 0 Å². The molecule has 2 nitrogen and oxygen atoms in total. The number of rotatable bonds is 4. The molecule has 15 heavy (non-hydrogen) atoms. The summed E-state index contributed by atoms with van der Waals surface area (Å²) in [6.07, 6.45) is 8.42.